The summed E-state index contributed by atoms with van der Waals surface area (Å²) in [6.07, 6.45) is 0.541. The summed E-state index contributed by atoms with van der Waals surface area (Å²) in [6.45, 7) is 2.09. The molecule has 0 unspecified atom stereocenters. The molecule has 9 heteroatoms. The number of carbonyl (C=O) groups is 1. The first-order valence-corrected chi connectivity index (χ1v) is 8.41. The molecular weight excluding hydrogens is 367 g/mol. The molecule has 0 saturated carbocycles. The van der Waals surface area contributed by atoms with Crippen LogP contribution in [0.25, 0.3) is 0 Å². The number of rotatable bonds is 4. The van der Waals surface area contributed by atoms with E-state index in [-0.39, 0.29) is 5.15 Å². The monoisotopic (exact) mass is 382 g/mol. The van der Waals surface area contributed by atoms with Gasteiger partial charge in [0.25, 0.3) is 0 Å². The highest BCUT2D eigenvalue weighted by Crippen LogP contribution is 2.25. The van der Waals surface area contributed by atoms with E-state index < -0.39 is 6.09 Å². The topological polar surface area (TPSA) is 78.8 Å². The molecule has 1 amide bonds. The van der Waals surface area contributed by atoms with E-state index in [2.05, 4.69) is 9.97 Å². The lowest BCUT2D eigenvalue weighted by Crippen LogP contribution is -2.48. The second kappa shape index (κ2) is 7.76. The number of carboxylic acid groups (broad SMARTS) is 1. The fourth-order valence-electron chi connectivity index (χ4n) is 2.51. The summed E-state index contributed by atoms with van der Waals surface area (Å²) < 4.78 is 5.67. The zero-order valence-corrected chi connectivity index (χ0v) is 14.7. The Morgan fingerprint density at radius 1 is 1.24 bits per heavy atom. The van der Waals surface area contributed by atoms with Gasteiger partial charge in [-0.15, -0.1) is 0 Å². The van der Waals surface area contributed by atoms with Gasteiger partial charge in [-0.3, -0.25) is 0 Å². The van der Waals surface area contributed by atoms with Crippen molar-refractivity contribution in [2.75, 3.05) is 31.1 Å². The first kappa shape index (κ1) is 17.6. The van der Waals surface area contributed by atoms with Gasteiger partial charge < -0.3 is 19.6 Å². The van der Waals surface area contributed by atoms with Crippen LogP contribution in [0, 0.1) is 0 Å². The smallest absolute Gasteiger partial charge is 0.407 e. The second-order valence-electron chi connectivity index (χ2n) is 5.50. The lowest BCUT2D eigenvalue weighted by Gasteiger charge is -2.33. The third-order valence-corrected chi connectivity index (χ3v) is 4.32. The molecule has 1 N–H and O–H groups in total. The molecular formula is C16H16Cl2N4O3. The Morgan fingerprint density at radius 2 is 2.00 bits per heavy atom. The minimum absolute atomic E-state index is 0.263. The van der Waals surface area contributed by atoms with E-state index in [0.717, 1.165) is 5.56 Å². The first-order valence-electron chi connectivity index (χ1n) is 7.65. The van der Waals surface area contributed by atoms with Crippen molar-refractivity contribution < 1.29 is 14.6 Å². The molecule has 0 bridgehead atoms. The third kappa shape index (κ3) is 4.43. The van der Waals surface area contributed by atoms with Gasteiger partial charge in [-0.25, -0.2) is 9.78 Å². The number of halogens is 2. The van der Waals surface area contributed by atoms with Gasteiger partial charge in [0.05, 0.1) is 6.20 Å². The third-order valence-electron chi connectivity index (χ3n) is 3.81. The molecule has 7 nitrogen and oxygen atoms in total. The number of piperazine rings is 1. The number of anilines is 1. The number of aromatic nitrogens is 2. The number of ether oxygens (including phenoxy) is 1. The molecule has 1 aliphatic rings. The Labute approximate surface area is 154 Å². The normalized spacial score (nSPS) is 14.5. The van der Waals surface area contributed by atoms with Gasteiger partial charge in [0, 0.05) is 31.2 Å². The summed E-state index contributed by atoms with van der Waals surface area (Å²) >= 11 is 12.1. The van der Waals surface area contributed by atoms with Crippen LogP contribution < -0.4 is 9.64 Å². The lowest BCUT2D eigenvalue weighted by molar-refractivity contribution is 0.142. The number of amides is 1. The summed E-state index contributed by atoms with van der Waals surface area (Å²) in [7, 11) is 0. The summed E-state index contributed by atoms with van der Waals surface area (Å²) in [4.78, 5) is 22.8. The summed E-state index contributed by atoms with van der Waals surface area (Å²) in [6, 6.07) is 7.36. The van der Waals surface area contributed by atoms with Crippen LogP contribution in [0.4, 0.5) is 10.6 Å². The highest BCUT2D eigenvalue weighted by atomic mass is 35.5. The van der Waals surface area contributed by atoms with Gasteiger partial charge >= 0.3 is 6.09 Å². The van der Waals surface area contributed by atoms with E-state index in [4.69, 9.17) is 33.0 Å². The Morgan fingerprint density at radius 3 is 2.68 bits per heavy atom. The Balaban J connectivity index is 1.67. The summed E-state index contributed by atoms with van der Waals surface area (Å²) in [5.74, 6) is 0.843. The molecule has 2 heterocycles. The van der Waals surface area contributed by atoms with Crippen LogP contribution in [0.15, 0.2) is 30.5 Å². The molecule has 0 radical (unpaired) electrons. The van der Waals surface area contributed by atoms with E-state index in [9.17, 15) is 4.79 Å². The van der Waals surface area contributed by atoms with Crippen molar-refractivity contribution in [2.24, 2.45) is 0 Å². The molecule has 1 saturated heterocycles. The predicted octanol–water partition coefficient (Wildman–Crippen LogP) is 3.16. The van der Waals surface area contributed by atoms with Crippen LogP contribution in [0.1, 0.15) is 5.56 Å². The van der Waals surface area contributed by atoms with Crippen molar-refractivity contribution in [3.05, 3.63) is 46.2 Å². The number of hydrogen-bond donors (Lipinski definition) is 1. The molecule has 1 fully saturated rings. The van der Waals surface area contributed by atoms with Crippen LogP contribution in [0.3, 0.4) is 0 Å². The first-order chi connectivity index (χ1) is 12.0. The minimum atomic E-state index is -0.921. The molecule has 132 valence electrons. The number of hydrogen-bond acceptors (Lipinski definition) is 5. The van der Waals surface area contributed by atoms with Crippen LogP contribution in [-0.2, 0) is 6.61 Å². The molecule has 25 heavy (non-hydrogen) atoms. The van der Waals surface area contributed by atoms with Crippen LogP contribution in [-0.4, -0.2) is 52.2 Å². The van der Waals surface area contributed by atoms with Crippen molar-refractivity contribution in [1.29, 1.82) is 0 Å². The average Bonchev–Trinajstić information content (AvgIpc) is 2.61. The molecule has 1 aromatic heterocycles. The Hall–Kier alpha value is -2.25. The zero-order valence-electron chi connectivity index (χ0n) is 13.2. The molecule has 3 rings (SSSR count). The van der Waals surface area contributed by atoms with Gasteiger partial charge in [0.2, 0.25) is 5.88 Å². The van der Waals surface area contributed by atoms with E-state index in [1.807, 2.05) is 23.1 Å². The number of nitrogens with zero attached hydrogens (tertiary/aromatic N) is 4. The highest BCUT2D eigenvalue weighted by Gasteiger charge is 2.23. The minimum Gasteiger partial charge on any atom is -0.472 e. The maximum Gasteiger partial charge on any atom is 0.407 e. The maximum absolute atomic E-state index is 11.0. The molecule has 1 aromatic carbocycles. The van der Waals surface area contributed by atoms with Crippen molar-refractivity contribution in [3.63, 3.8) is 0 Å². The van der Waals surface area contributed by atoms with E-state index in [1.54, 1.807) is 6.07 Å². The predicted molar refractivity (Wildman–Crippen MR) is 94.6 cm³/mol. The number of benzene rings is 1. The molecule has 0 spiro atoms. The molecule has 1 aliphatic heterocycles. The Bertz CT molecular complexity index is 767. The van der Waals surface area contributed by atoms with E-state index >= 15 is 0 Å². The fraction of sp³-hybridized carbons (Fsp3) is 0.312. The maximum atomic E-state index is 11.0. The van der Waals surface area contributed by atoms with Crippen molar-refractivity contribution in [3.8, 4) is 5.88 Å². The Kier molecular flexibility index (Phi) is 5.45. The quantitative estimate of drug-likeness (QED) is 0.874. The largest absolute Gasteiger partial charge is 0.472 e. The zero-order chi connectivity index (χ0) is 17.8. The second-order valence-corrected chi connectivity index (χ2v) is 6.29. The standard InChI is InChI=1S/C16H16Cl2N4O3/c17-12-3-1-2-11(8-12)10-25-13-9-19-14(18)15(20-13)21-4-6-22(7-5-21)16(23)24/h1-3,8-9H,4-7,10H2,(H,23,24). The van der Waals surface area contributed by atoms with Crippen molar-refractivity contribution in [2.45, 2.75) is 6.61 Å². The molecule has 0 aliphatic carbocycles. The van der Waals surface area contributed by atoms with Gasteiger partial charge in [0.15, 0.2) is 11.0 Å². The summed E-state index contributed by atoms with van der Waals surface area (Å²) in [5.41, 5.74) is 0.917. The van der Waals surface area contributed by atoms with Crippen LogP contribution in [0.2, 0.25) is 10.2 Å². The van der Waals surface area contributed by atoms with E-state index in [0.29, 0.717) is 49.5 Å². The van der Waals surface area contributed by atoms with Gasteiger partial charge in [-0.1, -0.05) is 35.3 Å². The average molecular weight is 383 g/mol. The lowest BCUT2D eigenvalue weighted by atomic mass is 10.2. The molecule has 0 atom stereocenters. The van der Waals surface area contributed by atoms with Crippen molar-refractivity contribution in [1.82, 2.24) is 14.9 Å². The summed E-state index contributed by atoms with van der Waals surface area (Å²) in [5, 5.41) is 9.92. The highest BCUT2D eigenvalue weighted by molar-refractivity contribution is 6.31. The fourth-order valence-corrected chi connectivity index (χ4v) is 2.94. The van der Waals surface area contributed by atoms with Crippen LogP contribution in [0.5, 0.6) is 5.88 Å². The molecule has 2 aromatic rings. The van der Waals surface area contributed by atoms with Crippen molar-refractivity contribution >= 4 is 35.1 Å². The van der Waals surface area contributed by atoms with Crippen LogP contribution >= 0.6 is 23.2 Å². The van der Waals surface area contributed by atoms with Gasteiger partial charge in [0.1, 0.15) is 6.61 Å². The SMILES string of the molecule is O=C(O)N1CCN(c2nc(OCc3cccc(Cl)c3)cnc2Cl)CC1. The van der Waals surface area contributed by atoms with E-state index in [1.165, 1.54) is 11.1 Å². The van der Waals surface area contributed by atoms with Gasteiger partial charge in [-0.05, 0) is 17.7 Å². The van der Waals surface area contributed by atoms with Gasteiger partial charge in [-0.2, -0.15) is 4.98 Å².